The molecule has 1 heteroatoms. The van der Waals surface area contributed by atoms with Crippen molar-refractivity contribution in [3.63, 3.8) is 0 Å². The van der Waals surface area contributed by atoms with E-state index in [1.165, 1.54) is 76.2 Å². The van der Waals surface area contributed by atoms with Gasteiger partial charge in [0.05, 0.1) is 0 Å². The summed E-state index contributed by atoms with van der Waals surface area (Å²) in [6.07, 6.45) is 17.7. The minimum absolute atomic E-state index is 0.372. The molecule has 150 valence electrons. The number of hydrogen-bond donors (Lipinski definition) is 1. The van der Waals surface area contributed by atoms with Gasteiger partial charge in [0.25, 0.3) is 0 Å². The van der Waals surface area contributed by atoms with Crippen molar-refractivity contribution in [1.82, 2.24) is 5.32 Å². The Hall–Kier alpha value is -0.820. The molecule has 2 atom stereocenters. The fourth-order valence-electron chi connectivity index (χ4n) is 7.29. The second kappa shape index (κ2) is 6.90. The summed E-state index contributed by atoms with van der Waals surface area (Å²) in [6, 6.07) is 0. The van der Waals surface area contributed by atoms with Crippen LogP contribution in [0.2, 0.25) is 0 Å². The van der Waals surface area contributed by atoms with Crippen LogP contribution >= 0.6 is 0 Å². The van der Waals surface area contributed by atoms with Crippen LogP contribution in [0.5, 0.6) is 0 Å². The van der Waals surface area contributed by atoms with E-state index in [1.807, 2.05) is 0 Å². The summed E-state index contributed by atoms with van der Waals surface area (Å²) >= 11 is 0. The van der Waals surface area contributed by atoms with Gasteiger partial charge < -0.3 is 5.32 Å². The molecule has 0 aromatic rings. The molecule has 0 aromatic carbocycles. The summed E-state index contributed by atoms with van der Waals surface area (Å²) < 4.78 is 0. The Balaban J connectivity index is 1.67. The van der Waals surface area contributed by atoms with Crippen molar-refractivity contribution in [2.24, 2.45) is 16.7 Å². The molecule has 4 aliphatic carbocycles. The van der Waals surface area contributed by atoms with E-state index in [2.05, 4.69) is 45.7 Å². The van der Waals surface area contributed by atoms with E-state index in [1.54, 1.807) is 16.7 Å². The molecule has 0 heterocycles. The van der Waals surface area contributed by atoms with Crippen LogP contribution in [0.25, 0.3) is 0 Å². The SMILES string of the molecule is C=C(C)[C@@H]1CC[C@]2(C)C(=C(C)C=C(CNC3(C)CCCC3)C23CCCC3)C1. The van der Waals surface area contributed by atoms with Gasteiger partial charge in [-0.25, -0.2) is 0 Å². The second-order valence-corrected chi connectivity index (χ2v) is 10.9. The highest BCUT2D eigenvalue weighted by Gasteiger charge is 2.56. The molecule has 27 heavy (non-hydrogen) atoms. The molecule has 0 amide bonds. The predicted octanol–water partition coefficient (Wildman–Crippen LogP) is 7.11. The van der Waals surface area contributed by atoms with E-state index in [4.69, 9.17) is 0 Å². The monoisotopic (exact) mass is 367 g/mol. The smallest absolute Gasteiger partial charge is 0.0178 e. The molecule has 0 aliphatic heterocycles. The van der Waals surface area contributed by atoms with Crippen LogP contribution in [-0.4, -0.2) is 12.1 Å². The maximum absolute atomic E-state index is 4.30. The lowest BCUT2D eigenvalue weighted by molar-refractivity contribution is 0.0828. The maximum atomic E-state index is 4.30. The molecule has 0 aromatic heterocycles. The van der Waals surface area contributed by atoms with Crippen molar-refractivity contribution in [1.29, 1.82) is 0 Å². The van der Waals surface area contributed by atoms with Gasteiger partial charge in [-0.3, -0.25) is 0 Å². The molecule has 4 rings (SSSR count). The van der Waals surface area contributed by atoms with Crippen LogP contribution in [0.15, 0.2) is 34.9 Å². The van der Waals surface area contributed by atoms with Crippen molar-refractivity contribution in [3.8, 4) is 0 Å². The first kappa shape index (κ1) is 19.5. The summed E-state index contributed by atoms with van der Waals surface area (Å²) in [5.74, 6) is 0.701. The number of allylic oxidation sites excluding steroid dienone is 4. The zero-order valence-electron chi connectivity index (χ0n) is 18.3. The highest BCUT2D eigenvalue weighted by molar-refractivity contribution is 5.45. The summed E-state index contributed by atoms with van der Waals surface area (Å²) in [4.78, 5) is 0. The third kappa shape index (κ3) is 3.09. The minimum Gasteiger partial charge on any atom is -0.308 e. The maximum Gasteiger partial charge on any atom is 0.0178 e. The number of hydrogen-bond acceptors (Lipinski definition) is 1. The third-order valence-corrected chi connectivity index (χ3v) is 9.21. The van der Waals surface area contributed by atoms with Gasteiger partial charge in [-0.1, -0.05) is 62.0 Å². The average molecular weight is 368 g/mol. The topological polar surface area (TPSA) is 12.0 Å². The van der Waals surface area contributed by atoms with Gasteiger partial charge in [-0.15, -0.1) is 0 Å². The van der Waals surface area contributed by atoms with Crippen LogP contribution in [0.1, 0.15) is 98.3 Å². The Morgan fingerprint density at radius 2 is 1.70 bits per heavy atom. The summed E-state index contributed by atoms with van der Waals surface area (Å²) in [5.41, 5.74) is 7.66. The van der Waals surface area contributed by atoms with E-state index in [-0.39, 0.29) is 0 Å². The molecule has 4 aliphatic rings. The van der Waals surface area contributed by atoms with Crippen molar-refractivity contribution in [3.05, 3.63) is 34.9 Å². The molecule has 0 bridgehead atoms. The van der Waals surface area contributed by atoms with Crippen LogP contribution in [-0.2, 0) is 0 Å². The first-order chi connectivity index (χ1) is 12.8. The summed E-state index contributed by atoms with van der Waals surface area (Å²) in [5, 5.41) is 4.03. The predicted molar refractivity (Wildman–Crippen MR) is 117 cm³/mol. The van der Waals surface area contributed by atoms with Crippen LogP contribution in [0.4, 0.5) is 0 Å². The summed E-state index contributed by atoms with van der Waals surface area (Å²) in [6.45, 7) is 15.1. The molecule has 1 N–H and O–H groups in total. The van der Waals surface area contributed by atoms with E-state index in [0.29, 0.717) is 22.3 Å². The standard InChI is InChI=1S/C26H41N/c1-19(2)21-10-15-25(5)23(17-21)20(3)16-22(26(25)13-8-9-14-26)18-27-24(4)11-6-7-12-24/h16,21,27H,1,6-15,17-18H2,2-5H3/t21-,25-/m1/s1. The van der Waals surface area contributed by atoms with Gasteiger partial charge in [0.15, 0.2) is 0 Å². The molecule has 0 saturated heterocycles. The average Bonchev–Trinajstić information content (AvgIpc) is 3.28. The van der Waals surface area contributed by atoms with Gasteiger partial charge in [-0.05, 0) is 82.6 Å². The Kier molecular flexibility index (Phi) is 4.98. The van der Waals surface area contributed by atoms with Crippen molar-refractivity contribution >= 4 is 0 Å². The Morgan fingerprint density at radius 3 is 2.33 bits per heavy atom. The van der Waals surface area contributed by atoms with Gasteiger partial charge in [0.2, 0.25) is 0 Å². The molecular weight excluding hydrogens is 326 g/mol. The quantitative estimate of drug-likeness (QED) is 0.522. The molecular formula is C26H41N. The van der Waals surface area contributed by atoms with Crippen LogP contribution < -0.4 is 5.32 Å². The van der Waals surface area contributed by atoms with Crippen molar-refractivity contribution < 1.29 is 0 Å². The van der Waals surface area contributed by atoms with Gasteiger partial charge in [0, 0.05) is 17.5 Å². The first-order valence-electron chi connectivity index (χ1n) is 11.6. The largest absolute Gasteiger partial charge is 0.308 e. The van der Waals surface area contributed by atoms with Gasteiger partial charge in [-0.2, -0.15) is 0 Å². The molecule has 0 unspecified atom stereocenters. The Morgan fingerprint density at radius 1 is 1.07 bits per heavy atom. The van der Waals surface area contributed by atoms with E-state index in [9.17, 15) is 0 Å². The lowest BCUT2D eigenvalue weighted by Crippen LogP contribution is -2.50. The van der Waals surface area contributed by atoms with Crippen LogP contribution in [0.3, 0.4) is 0 Å². The highest BCUT2D eigenvalue weighted by atomic mass is 15.0. The van der Waals surface area contributed by atoms with Gasteiger partial charge in [0.1, 0.15) is 0 Å². The number of nitrogens with one attached hydrogen (secondary N) is 1. The fraction of sp³-hybridized carbons (Fsp3) is 0.769. The van der Waals surface area contributed by atoms with Crippen molar-refractivity contribution in [2.45, 2.75) is 104 Å². The van der Waals surface area contributed by atoms with E-state index < -0.39 is 0 Å². The number of rotatable bonds is 4. The van der Waals surface area contributed by atoms with Gasteiger partial charge >= 0.3 is 0 Å². The molecule has 3 fully saturated rings. The third-order valence-electron chi connectivity index (χ3n) is 9.21. The first-order valence-corrected chi connectivity index (χ1v) is 11.6. The fourth-order valence-corrected chi connectivity index (χ4v) is 7.29. The molecule has 0 radical (unpaired) electrons. The highest BCUT2D eigenvalue weighted by Crippen LogP contribution is 2.66. The normalized spacial score (nSPS) is 34.7. The molecule has 1 nitrogen and oxygen atoms in total. The van der Waals surface area contributed by atoms with E-state index in [0.717, 1.165) is 6.54 Å². The van der Waals surface area contributed by atoms with Crippen LogP contribution in [0, 0.1) is 16.7 Å². The zero-order chi connectivity index (χ0) is 19.3. The number of fused-ring (bicyclic) bond motifs is 2. The Labute approximate surface area is 167 Å². The Bertz CT molecular complexity index is 666. The zero-order valence-corrected chi connectivity index (χ0v) is 18.3. The molecule has 3 saturated carbocycles. The van der Waals surface area contributed by atoms with E-state index >= 15 is 0 Å². The second-order valence-electron chi connectivity index (χ2n) is 10.9. The lowest BCUT2D eigenvalue weighted by Gasteiger charge is -2.56. The summed E-state index contributed by atoms with van der Waals surface area (Å²) in [7, 11) is 0. The molecule has 1 spiro atoms. The minimum atomic E-state index is 0.372. The van der Waals surface area contributed by atoms with Crippen molar-refractivity contribution in [2.75, 3.05) is 6.54 Å². The lowest BCUT2D eigenvalue weighted by atomic mass is 9.48.